The lowest BCUT2D eigenvalue weighted by molar-refractivity contribution is -0.175. The van der Waals surface area contributed by atoms with Crippen LogP contribution in [0.15, 0.2) is 30.3 Å². The fraction of sp³-hybridized carbons (Fsp3) is 0.433. The van der Waals surface area contributed by atoms with Crippen LogP contribution in [0.3, 0.4) is 0 Å². The molecule has 5 rings (SSSR count). The van der Waals surface area contributed by atoms with Crippen molar-refractivity contribution in [1.82, 2.24) is 0 Å². The molecule has 2 aromatic carbocycles. The number of amides is 1. The number of ketones is 4. The van der Waals surface area contributed by atoms with Crippen molar-refractivity contribution in [2.24, 2.45) is 29.4 Å². The summed E-state index contributed by atoms with van der Waals surface area (Å²) in [7, 11) is 0. The Morgan fingerprint density at radius 1 is 1.08 bits per heavy atom. The highest BCUT2D eigenvalue weighted by molar-refractivity contribution is 6.31. The van der Waals surface area contributed by atoms with Gasteiger partial charge in [0, 0.05) is 12.3 Å². The SMILES string of the molecule is CCc1cc(-c2ccc(C(C)C)cc2)c2c(c1O)C(=O)C1C(=O)[C@]3(O)C(=O)C(C(N)=O)C(=O)C[C@@H]3C[C@@H]1C2. The third-order valence-electron chi connectivity index (χ3n) is 8.75. The number of rotatable bonds is 4. The molecule has 3 aliphatic carbocycles. The molecule has 5 atom stereocenters. The van der Waals surface area contributed by atoms with E-state index in [0.717, 1.165) is 16.7 Å². The normalized spacial score (nSPS) is 28.7. The van der Waals surface area contributed by atoms with Gasteiger partial charge in [-0.05, 0) is 65.0 Å². The third-order valence-corrected chi connectivity index (χ3v) is 8.75. The number of aromatic hydroxyl groups is 1. The second-order valence-electron chi connectivity index (χ2n) is 11.2. The maximum Gasteiger partial charge on any atom is 0.235 e. The van der Waals surface area contributed by atoms with E-state index in [4.69, 9.17) is 5.73 Å². The largest absolute Gasteiger partial charge is 0.507 e. The van der Waals surface area contributed by atoms with E-state index in [9.17, 15) is 34.2 Å². The topological polar surface area (TPSA) is 152 Å². The molecule has 8 heteroatoms. The zero-order chi connectivity index (χ0) is 27.7. The van der Waals surface area contributed by atoms with Gasteiger partial charge in [0.15, 0.2) is 34.7 Å². The van der Waals surface area contributed by atoms with Crippen molar-refractivity contribution in [3.05, 3.63) is 52.6 Å². The van der Waals surface area contributed by atoms with Crippen LogP contribution in [0.1, 0.15) is 66.6 Å². The molecule has 1 amide bonds. The van der Waals surface area contributed by atoms with Gasteiger partial charge in [0.1, 0.15) is 5.75 Å². The number of carbonyl (C=O) groups excluding carboxylic acids is 5. The van der Waals surface area contributed by atoms with E-state index in [1.54, 1.807) is 0 Å². The summed E-state index contributed by atoms with van der Waals surface area (Å²) in [5.74, 6) is -9.61. The molecule has 198 valence electrons. The van der Waals surface area contributed by atoms with Crippen molar-refractivity contribution < 1.29 is 34.2 Å². The first-order valence-corrected chi connectivity index (χ1v) is 13.1. The molecule has 0 radical (unpaired) electrons. The predicted octanol–water partition coefficient (Wildman–Crippen LogP) is 2.68. The van der Waals surface area contributed by atoms with Crippen molar-refractivity contribution in [2.75, 3.05) is 0 Å². The zero-order valence-electron chi connectivity index (χ0n) is 21.6. The van der Waals surface area contributed by atoms with Gasteiger partial charge in [-0.3, -0.25) is 24.0 Å². The molecule has 2 aromatic rings. The number of benzene rings is 2. The van der Waals surface area contributed by atoms with E-state index in [1.165, 1.54) is 0 Å². The monoisotopic (exact) mass is 517 g/mol. The van der Waals surface area contributed by atoms with Crippen molar-refractivity contribution in [1.29, 1.82) is 0 Å². The molecule has 0 spiro atoms. The standard InChI is InChI=1S/C30H31NO7/c1-4-14-10-19(16-7-5-15(6-8-16)13(2)3)20-11-17-9-18-12-21(32)24(29(31)37)28(36)30(18,38)27(35)22(17)26(34)23(20)25(14)33/h5-8,10,13,17-18,22,24,33,38H,4,9,11-12H2,1-3H3,(H2,31,37)/t17-,18+,22?,24?,30+/m1/s1. The second kappa shape index (κ2) is 8.98. The van der Waals surface area contributed by atoms with E-state index in [1.807, 2.05) is 37.3 Å². The van der Waals surface area contributed by atoms with Crippen molar-refractivity contribution in [3.63, 3.8) is 0 Å². The maximum atomic E-state index is 13.9. The number of carbonyl (C=O) groups is 5. The molecule has 2 fully saturated rings. The van der Waals surface area contributed by atoms with E-state index in [2.05, 4.69) is 13.8 Å². The quantitative estimate of drug-likeness (QED) is 0.527. The van der Waals surface area contributed by atoms with Crippen LogP contribution in [-0.2, 0) is 32.0 Å². The third kappa shape index (κ3) is 3.57. The van der Waals surface area contributed by atoms with E-state index in [-0.39, 0.29) is 30.6 Å². The first-order chi connectivity index (χ1) is 17.9. The number of Topliss-reactive ketones (excluding diaryl/α,β-unsaturated/α-hetero) is 4. The molecule has 3 aliphatic rings. The van der Waals surface area contributed by atoms with Crippen LogP contribution < -0.4 is 5.73 Å². The van der Waals surface area contributed by atoms with Crippen molar-refractivity contribution in [2.45, 2.75) is 58.0 Å². The molecule has 2 unspecified atom stereocenters. The van der Waals surface area contributed by atoms with Crippen LogP contribution >= 0.6 is 0 Å². The first kappa shape index (κ1) is 26.0. The highest BCUT2D eigenvalue weighted by Gasteiger charge is 2.66. The fourth-order valence-corrected chi connectivity index (χ4v) is 6.66. The molecule has 0 bridgehead atoms. The molecule has 0 saturated heterocycles. The van der Waals surface area contributed by atoms with Crippen LogP contribution in [0, 0.1) is 23.7 Å². The van der Waals surface area contributed by atoms with Gasteiger partial charge in [0.25, 0.3) is 0 Å². The second-order valence-corrected chi connectivity index (χ2v) is 11.2. The number of primary amides is 1. The van der Waals surface area contributed by atoms with Gasteiger partial charge in [0.05, 0.1) is 11.5 Å². The smallest absolute Gasteiger partial charge is 0.235 e. The van der Waals surface area contributed by atoms with E-state index < -0.39 is 58.3 Å². The summed E-state index contributed by atoms with van der Waals surface area (Å²) in [6.07, 6.45) is 0.418. The highest BCUT2D eigenvalue weighted by Crippen LogP contribution is 2.51. The summed E-state index contributed by atoms with van der Waals surface area (Å²) in [5, 5.41) is 22.5. The molecular weight excluding hydrogens is 486 g/mol. The minimum absolute atomic E-state index is 0.0368. The van der Waals surface area contributed by atoms with Gasteiger partial charge in [-0.2, -0.15) is 0 Å². The Bertz CT molecular complexity index is 1410. The summed E-state index contributed by atoms with van der Waals surface area (Å²) in [6, 6.07) is 9.88. The van der Waals surface area contributed by atoms with Crippen molar-refractivity contribution >= 4 is 29.0 Å². The Balaban J connectivity index is 1.64. The lowest BCUT2D eigenvalue weighted by atomic mass is 9.53. The predicted molar refractivity (Wildman–Crippen MR) is 137 cm³/mol. The summed E-state index contributed by atoms with van der Waals surface area (Å²) in [4.78, 5) is 65.1. The molecule has 4 N–H and O–H groups in total. The van der Waals surface area contributed by atoms with Gasteiger partial charge in [-0.15, -0.1) is 0 Å². The fourth-order valence-electron chi connectivity index (χ4n) is 6.66. The van der Waals surface area contributed by atoms with Crippen LogP contribution in [0.5, 0.6) is 5.75 Å². The summed E-state index contributed by atoms with van der Waals surface area (Å²) in [5.41, 5.74) is 6.62. The molecule has 0 heterocycles. The Morgan fingerprint density at radius 2 is 1.74 bits per heavy atom. The number of phenols is 1. The van der Waals surface area contributed by atoms with Gasteiger partial charge in [-0.25, -0.2) is 0 Å². The number of nitrogens with two attached hydrogens (primary N) is 1. The molecular formula is C30H31NO7. The average Bonchev–Trinajstić information content (AvgIpc) is 2.86. The van der Waals surface area contributed by atoms with Gasteiger partial charge in [-0.1, -0.05) is 45.0 Å². The minimum Gasteiger partial charge on any atom is -0.507 e. The summed E-state index contributed by atoms with van der Waals surface area (Å²) in [6.45, 7) is 6.04. The molecule has 8 nitrogen and oxygen atoms in total. The van der Waals surface area contributed by atoms with Gasteiger partial charge in [0.2, 0.25) is 5.91 Å². The summed E-state index contributed by atoms with van der Waals surface area (Å²) < 4.78 is 0. The Kier molecular flexibility index (Phi) is 6.14. The minimum atomic E-state index is -2.64. The molecule has 0 aromatic heterocycles. The number of aliphatic hydroxyl groups is 1. The first-order valence-electron chi connectivity index (χ1n) is 13.1. The molecule has 38 heavy (non-hydrogen) atoms. The lowest BCUT2D eigenvalue weighted by Gasteiger charge is -2.48. The van der Waals surface area contributed by atoms with Crippen LogP contribution in [-0.4, -0.2) is 44.9 Å². The number of hydrogen-bond acceptors (Lipinski definition) is 7. The Labute approximate surface area is 220 Å². The Hall–Kier alpha value is -3.65. The Morgan fingerprint density at radius 3 is 2.32 bits per heavy atom. The molecule has 2 saturated carbocycles. The van der Waals surface area contributed by atoms with E-state index in [0.29, 0.717) is 23.5 Å². The number of hydrogen-bond donors (Lipinski definition) is 3. The van der Waals surface area contributed by atoms with Gasteiger partial charge >= 0.3 is 0 Å². The zero-order valence-corrected chi connectivity index (χ0v) is 21.6. The number of aryl methyl sites for hydroxylation is 1. The number of fused-ring (bicyclic) bond motifs is 3. The molecule has 0 aliphatic heterocycles. The lowest BCUT2D eigenvalue weighted by Crippen LogP contribution is -2.68. The number of phenolic OH excluding ortho intramolecular Hbond substituents is 1. The average molecular weight is 518 g/mol. The maximum absolute atomic E-state index is 13.9. The highest BCUT2D eigenvalue weighted by atomic mass is 16.3. The summed E-state index contributed by atoms with van der Waals surface area (Å²) >= 11 is 0. The van der Waals surface area contributed by atoms with Crippen molar-refractivity contribution in [3.8, 4) is 16.9 Å². The van der Waals surface area contributed by atoms with Crippen LogP contribution in [0.2, 0.25) is 0 Å². The van der Waals surface area contributed by atoms with Crippen LogP contribution in [0.25, 0.3) is 11.1 Å². The van der Waals surface area contributed by atoms with Crippen LogP contribution in [0.4, 0.5) is 0 Å². The van der Waals surface area contributed by atoms with E-state index >= 15 is 0 Å². The van der Waals surface area contributed by atoms with Gasteiger partial charge < -0.3 is 15.9 Å².